The second kappa shape index (κ2) is 8.89. The van der Waals surface area contributed by atoms with E-state index in [4.69, 9.17) is 5.11 Å². The molecule has 0 aromatic carbocycles. The predicted octanol–water partition coefficient (Wildman–Crippen LogP) is 2.11. The minimum Gasteiger partial charge on any atom is -0.395 e. The van der Waals surface area contributed by atoms with E-state index in [0.717, 1.165) is 31.5 Å². The highest BCUT2D eigenvalue weighted by molar-refractivity contribution is 4.85. The van der Waals surface area contributed by atoms with Gasteiger partial charge in [0.15, 0.2) is 0 Å². The van der Waals surface area contributed by atoms with Gasteiger partial charge in [0.05, 0.1) is 6.61 Å². The number of aliphatic hydroxyl groups is 1. The first kappa shape index (κ1) is 15.9. The normalized spacial score (nSPS) is 28.8. The Kier molecular flexibility index (Phi) is 7.87. The Morgan fingerprint density at radius 1 is 1.28 bits per heavy atom. The lowest BCUT2D eigenvalue weighted by Crippen LogP contribution is -2.45. The van der Waals surface area contributed by atoms with Crippen LogP contribution in [0.15, 0.2) is 0 Å². The summed E-state index contributed by atoms with van der Waals surface area (Å²) in [4.78, 5) is 2.39. The van der Waals surface area contributed by atoms with Crippen LogP contribution in [-0.2, 0) is 0 Å². The molecule has 0 radical (unpaired) electrons. The van der Waals surface area contributed by atoms with Gasteiger partial charge >= 0.3 is 0 Å². The van der Waals surface area contributed by atoms with E-state index in [1.807, 2.05) is 0 Å². The maximum atomic E-state index is 9.10. The molecule has 1 aliphatic carbocycles. The Morgan fingerprint density at radius 3 is 2.61 bits per heavy atom. The smallest absolute Gasteiger partial charge is 0.0558 e. The third-order valence-corrected chi connectivity index (χ3v) is 4.51. The van der Waals surface area contributed by atoms with Crippen molar-refractivity contribution < 1.29 is 5.11 Å². The predicted molar refractivity (Wildman–Crippen MR) is 77.8 cm³/mol. The molecule has 0 bridgehead atoms. The quantitative estimate of drug-likeness (QED) is 0.698. The average molecular weight is 256 g/mol. The van der Waals surface area contributed by atoms with Crippen LogP contribution < -0.4 is 5.32 Å². The molecule has 0 saturated heterocycles. The standard InChI is InChI=1S/C15H32N2O/c1-4-6-13-7-8-15(16-3)14(11-13)12-17(5-2)9-10-18/h13-16,18H,4-12H2,1-3H3. The summed E-state index contributed by atoms with van der Waals surface area (Å²) in [5.74, 6) is 1.68. The van der Waals surface area contributed by atoms with Gasteiger partial charge in [0, 0.05) is 19.1 Å². The lowest BCUT2D eigenvalue weighted by atomic mass is 9.76. The Hall–Kier alpha value is -0.120. The molecule has 0 heterocycles. The van der Waals surface area contributed by atoms with Crippen LogP contribution in [0.1, 0.15) is 46.0 Å². The van der Waals surface area contributed by atoms with E-state index < -0.39 is 0 Å². The van der Waals surface area contributed by atoms with Crippen molar-refractivity contribution in [2.24, 2.45) is 11.8 Å². The Balaban J connectivity index is 2.50. The summed E-state index contributed by atoms with van der Waals surface area (Å²) in [5, 5.41) is 12.6. The van der Waals surface area contributed by atoms with Gasteiger partial charge in [-0.05, 0) is 44.7 Å². The number of nitrogens with zero attached hydrogens (tertiary/aromatic N) is 1. The molecular formula is C15H32N2O. The Labute approximate surface area is 113 Å². The topological polar surface area (TPSA) is 35.5 Å². The van der Waals surface area contributed by atoms with Crippen LogP contribution in [0.2, 0.25) is 0 Å². The molecule has 0 spiro atoms. The van der Waals surface area contributed by atoms with Crippen LogP contribution in [0.4, 0.5) is 0 Å². The zero-order valence-corrected chi connectivity index (χ0v) is 12.5. The molecule has 0 aromatic rings. The largest absolute Gasteiger partial charge is 0.395 e. The number of rotatable bonds is 8. The summed E-state index contributed by atoms with van der Waals surface area (Å²) in [6.45, 7) is 7.78. The highest BCUT2D eigenvalue weighted by Gasteiger charge is 2.29. The van der Waals surface area contributed by atoms with Crippen LogP contribution in [-0.4, -0.2) is 49.3 Å². The van der Waals surface area contributed by atoms with Gasteiger partial charge in [-0.1, -0.05) is 26.7 Å². The second-order valence-corrected chi connectivity index (χ2v) is 5.74. The molecule has 108 valence electrons. The molecule has 18 heavy (non-hydrogen) atoms. The molecule has 1 fully saturated rings. The molecule has 3 heteroatoms. The van der Waals surface area contributed by atoms with Gasteiger partial charge in [-0.3, -0.25) is 0 Å². The molecule has 3 unspecified atom stereocenters. The van der Waals surface area contributed by atoms with Crippen LogP contribution >= 0.6 is 0 Å². The molecule has 1 aliphatic rings. The Bertz CT molecular complexity index is 211. The summed E-state index contributed by atoms with van der Waals surface area (Å²) in [6, 6.07) is 0.672. The fraction of sp³-hybridized carbons (Fsp3) is 1.00. The van der Waals surface area contributed by atoms with Gasteiger partial charge in [0.25, 0.3) is 0 Å². The van der Waals surface area contributed by atoms with Crippen molar-refractivity contribution >= 4 is 0 Å². The van der Waals surface area contributed by atoms with Gasteiger partial charge < -0.3 is 15.3 Å². The molecule has 3 atom stereocenters. The van der Waals surface area contributed by atoms with Crippen molar-refractivity contribution in [3.63, 3.8) is 0 Å². The van der Waals surface area contributed by atoms with E-state index in [1.54, 1.807) is 0 Å². The molecule has 1 saturated carbocycles. The number of likely N-dealkylation sites (N-methyl/N-ethyl adjacent to an activating group) is 1. The third kappa shape index (κ3) is 4.87. The summed E-state index contributed by atoms with van der Waals surface area (Å²) in [7, 11) is 2.10. The van der Waals surface area contributed by atoms with Crippen molar-refractivity contribution in [1.29, 1.82) is 0 Å². The zero-order chi connectivity index (χ0) is 13.4. The van der Waals surface area contributed by atoms with Gasteiger partial charge in [0.1, 0.15) is 0 Å². The lowest BCUT2D eigenvalue weighted by Gasteiger charge is -2.38. The first-order valence-corrected chi connectivity index (χ1v) is 7.75. The molecule has 0 aromatic heterocycles. The molecule has 3 nitrogen and oxygen atoms in total. The van der Waals surface area contributed by atoms with Gasteiger partial charge in [-0.25, -0.2) is 0 Å². The minimum absolute atomic E-state index is 0.281. The highest BCUT2D eigenvalue weighted by atomic mass is 16.3. The van der Waals surface area contributed by atoms with Crippen LogP contribution in [0.5, 0.6) is 0 Å². The molecule has 0 aliphatic heterocycles. The first-order valence-electron chi connectivity index (χ1n) is 7.75. The minimum atomic E-state index is 0.281. The number of hydrogen-bond acceptors (Lipinski definition) is 3. The van der Waals surface area contributed by atoms with E-state index in [-0.39, 0.29) is 6.61 Å². The van der Waals surface area contributed by atoms with E-state index in [2.05, 4.69) is 31.1 Å². The first-order chi connectivity index (χ1) is 8.74. The molecule has 0 amide bonds. The van der Waals surface area contributed by atoms with Crippen LogP contribution in [0.25, 0.3) is 0 Å². The second-order valence-electron chi connectivity index (χ2n) is 5.74. The highest BCUT2D eigenvalue weighted by Crippen LogP contribution is 2.32. The number of hydrogen-bond donors (Lipinski definition) is 2. The van der Waals surface area contributed by atoms with Crippen LogP contribution in [0, 0.1) is 11.8 Å². The fourth-order valence-corrected chi connectivity index (χ4v) is 3.47. The zero-order valence-electron chi connectivity index (χ0n) is 12.5. The SMILES string of the molecule is CCCC1CCC(NC)C(CN(CC)CCO)C1. The van der Waals surface area contributed by atoms with E-state index >= 15 is 0 Å². The van der Waals surface area contributed by atoms with E-state index in [9.17, 15) is 0 Å². The van der Waals surface area contributed by atoms with Crippen molar-refractivity contribution in [3.8, 4) is 0 Å². The van der Waals surface area contributed by atoms with Crippen molar-refractivity contribution in [2.75, 3.05) is 33.3 Å². The van der Waals surface area contributed by atoms with E-state index in [0.29, 0.717) is 6.04 Å². The Morgan fingerprint density at radius 2 is 2.06 bits per heavy atom. The maximum Gasteiger partial charge on any atom is 0.0558 e. The fourth-order valence-electron chi connectivity index (χ4n) is 3.47. The molecule has 2 N–H and O–H groups in total. The third-order valence-electron chi connectivity index (χ3n) is 4.51. The lowest BCUT2D eigenvalue weighted by molar-refractivity contribution is 0.126. The average Bonchev–Trinajstić information content (AvgIpc) is 2.39. The molecular weight excluding hydrogens is 224 g/mol. The summed E-state index contributed by atoms with van der Waals surface area (Å²) in [6.07, 6.45) is 6.78. The monoisotopic (exact) mass is 256 g/mol. The van der Waals surface area contributed by atoms with Gasteiger partial charge in [0.2, 0.25) is 0 Å². The van der Waals surface area contributed by atoms with Crippen molar-refractivity contribution in [1.82, 2.24) is 10.2 Å². The maximum absolute atomic E-state index is 9.10. The summed E-state index contributed by atoms with van der Waals surface area (Å²) >= 11 is 0. The number of nitrogens with one attached hydrogen (secondary N) is 1. The van der Waals surface area contributed by atoms with Crippen LogP contribution in [0.3, 0.4) is 0 Å². The van der Waals surface area contributed by atoms with Gasteiger partial charge in [-0.2, -0.15) is 0 Å². The van der Waals surface area contributed by atoms with Crippen molar-refractivity contribution in [2.45, 2.75) is 52.0 Å². The van der Waals surface area contributed by atoms with Gasteiger partial charge in [-0.15, -0.1) is 0 Å². The number of aliphatic hydroxyl groups excluding tert-OH is 1. The molecule has 1 rings (SSSR count). The van der Waals surface area contributed by atoms with Crippen molar-refractivity contribution in [3.05, 3.63) is 0 Å². The summed E-state index contributed by atoms with van der Waals surface area (Å²) in [5.41, 5.74) is 0. The van der Waals surface area contributed by atoms with E-state index in [1.165, 1.54) is 32.1 Å². The summed E-state index contributed by atoms with van der Waals surface area (Å²) < 4.78 is 0.